The Balaban J connectivity index is 2.66. The maximum atomic E-state index is 12.4. The van der Waals surface area contributed by atoms with Crippen molar-refractivity contribution in [2.75, 3.05) is 25.5 Å². The molecule has 0 aliphatic rings. The van der Waals surface area contributed by atoms with Gasteiger partial charge in [0, 0.05) is 32.9 Å². The van der Waals surface area contributed by atoms with Gasteiger partial charge in [-0.15, -0.1) is 0 Å². The second-order valence-electron chi connectivity index (χ2n) is 5.66. The molecule has 4 nitrogen and oxygen atoms in total. The zero-order valence-electron chi connectivity index (χ0n) is 13.8. The summed E-state index contributed by atoms with van der Waals surface area (Å²) in [7, 11) is 4.03. The fraction of sp³-hybridized carbons (Fsp3) is 0.588. The highest BCUT2D eigenvalue weighted by Gasteiger charge is 2.19. The largest absolute Gasteiger partial charge is 0.378 e. The van der Waals surface area contributed by atoms with E-state index in [4.69, 9.17) is 5.73 Å². The number of likely N-dealkylation sites (N-methyl/N-ethyl adjacent to an activating group) is 1. The third-order valence-corrected chi connectivity index (χ3v) is 3.71. The summed E-state index contributed by atoms with van der Waals surface area (Å²) in [6.07, 6.45) is 2.84. The maximum Gasteiger partial charge on any atom is 0.239 e. The lowest BCUT2D eigenvalue weighted by Crippen LogP contribution is -2.43. The minimum absolute atomic E-state index is 0.0580. The Bertz CT molecular complexity index is 428. The molecule has 118 valence electrons. The number of hydrogen-bond donors (Lipinski definition) is 1. The Hall–Kier alpha value is -1.55. The summed E-state index contributed by atoms with van der Waals surface area (Å²) < 4.78 is 0. The summed E-state index contributed by atoms with van der Waals surface area (Å²) in [4.78, 5) is 16.3. The Morgan fingerprint density at radius 3 is 2.29 bits per heavy atom. The van der Waals surface area contributed by atoms with Crippen molar-refractivity contribution in [1.82, 2.24) is 4.90 Å². The smallest absolute Gasteiger partial charge is 0.239 e. The molecule has 1 rings (SSSR count). The number of nitrogens with two attached hydrogens (primary N) is 1. The van der Waals surface area contributed by atoms with Crippen LogP contribution in [0.5, 0.6) is 0 Å². The molecule has 1 amide bonds. The van der Waals surface area contributed by atoms with Crippen LogP contribution in [0, 0.1) is 0 Å². The molecule has 0 fully saturated rings. The molecule has 0 heterocycles. The summed E-state index contributed by atoms with van der Waals surface area (Å²) in [5, 5.41) is 0. The lowest BCUT2D eigenvalue weighted by atomic mass is 10.1. The molecule has 21 heavy (non-hydrogen) atoms. The minimum atomic E-state index is -0.369. The van der Waals surface area contributed by atoms with Crippen LogP contribution in [-0.4, -0.2) is 37.5 Å². The average molecular weight is 291 g/mol. The SMILES string of the molecule is CCCC[C@H](N)C(=O)N(CC)Cc1ccc(N(C)C)cc1. The number of unbranched alkanes of at least 4 members (excludes halogenated alkanes) is 1. The van der Waals surface area contributed by atoms with E-state index in [1.54, 1.807) is 0 Å². The van der Waals surface area contributed by atoms with E-state index in [1.807, 2.05) is 25.9 Å². The summed E-state index contributed by atoms with van der Waals surface area (Å²) in [5.41, 5.74) is 8.30. The molecule has 0 bridgehead atoms. The van der Waals surface area contributed by atoms with E-state index in [0.717, 1.165) is 30.5 Å². The number of rotatable bonds is 8. The van der Waals surface area contributed by atoms with Gasteiger partial charge in [0.1, 0.15) is 0 Å². The standard InChI is InChI=1S/C17H29N3O/c1-5-7-8-16(18)17(21)20(6-2)13-14-9-11-15(12-10-14)19(3)4/h9-12,16H,5-8,13,18H2,1-4H3/t16-/m0/s1. The van der Waals surface area contributed by atoms with Crippen LogP contribution >= 0.6 is 0 Å². The Morgan fingerprint density at radius 1 is 1.19 bits per heavy atom. The number of hydrogen-bond acceptors (Lipinski definition) is 3. The van der Waals surface area contributed by atoms with Crippen LogP contribution in [0.15, 0.2) is 24.3 Å². The van der Waals surface area contributed by atoms with E-state index in [0.29, 0.717) is 13.1 Å². The van der Waals surface area contributed by atoms with E-state index < -0.39 is 0 Å². The van der Waals surface area contributed by atoms with Gasteiger partial charge in [0.05, 0.1) is 6.04 Å². The number of nitrogens with zero attached hydrogens (tertiary/aromatic N) is 2. The molecular formula is C17H29N3O. The lowest BCUT2D eigenvalue weighted by Gasteiger charge is -2.24. The van der Waals surface area contributed by atoms with Gasteiger partial charge in [-0.2, -0.15) is 0 Å². The summed E-state index contributed by atoms with van der Waals surface area (Å²) in [6.45, 7) is 5.43. The molecule has 0 aromatic heterocycles. The van der Waals surface area contributed by atoms with Crippen molar-refractivity contribution in [3.05, 3.63) is 29.8 Å². The predicted octanol–water partition coefficient (Wildman–Crippen LogP) is 2.62. The summed E-state index contributed by atoms with van der Waals surface area (Å²) >= 11 is 0. The van der Waals surface area contributed by atoms with Crippen molar-refractivity contribution in [3.8, 4) is 0 Å². The van der Waals surface area contributed by atoms with Gasteiger partial charge in [0.15, 0.2) is 0 Å². The quantitative estimate of drug-likeness (QED) is 0.801. The van der Waals surface area contributed by atoms with E-state index in [1.165, 1.54) is 0 Å². The van der Waals surface area contributed by atoms with Crippen molar-refractivity contribution in [2.24, 2.45) is 5.73 Å². The Labute approximate surface area is 128 Å². The highest BCUT2D eigenvalue weighted by atomic mass is 16.2. The zero-order valence-corrected chi connectivity index (χ0v) is 13.8. The molecule has 1 aromatic rings. The third-order valence-electron chi connectivity index (χ3n) is 3.71. The number of anilines is 1. The van der Waals surface area contributed by atoms with Gasteiger partial charge in [-0.25, -0.2) is 0 Å². The van der Waals surface area contributed by atoms with Crippen LogP contribution in [0.1, 0.15) is 38.7 Å². The van der Waals surface area contributed by atoms with Gasteiger partial charge >= 0.3 is 0 Å². The highest BCUT2D eigenvalue weighted by molar-refractivity contribution is 5.81. The van der Waals surface area contributed by atoms with Gasteiger partial charge in [0.25, 0.3) is 0 Å². The van der Waals surface area contributed by atoms with E-state index in [9.17, 15) is 4.79 Å². The first-order valence-corrected chi connectivity index (χ1v) is 7.80. The number of carbonyl (C=O) groups excluding carboxylic acids is 1. The van der Waals surface area contributed by atoms with E-state index >= 15 is 0 Å². The van der Waals surface area contributed by atoms with E-state index in [-0.39, 0.29) is 11.9 Å². The first-order chi connectivity index (χ1) is 9.99. The fourth-order valence-electron chi connectivity index (χ4n) is 2.25. The van der Waals surface area contributed by atoms with Crippen LogP contribution in [0.2, 0.25) is 0 Å². The van der Waals surface area contributed by atoms with Crippen molar-refractivity contribution in [3.63, 3.8) is 0 Å². The fourth-order valence-corrected chi connectivity index (χ4v) is 2.25. The molecule has 0 unspecified atom stereocenters. The van der Waals surface area contributed by atoms with Crippen LogP contribution in [0.4, 0.5) is 5.69 Å². The van der Waals surface area contributed by atoms with Crippen molar-refractivity contribution >= 4 is 11.6 Å². The van der Waals surface area contributed by atoms with Gasteiger partial charge in [-0.3, -0.25) is 4.79 Å². The van der Waals surface area contributed by atoms with Crippen LogP contribution in [0.3, 0.4) is 0 Å². The zero-order chi connectivity index (χ0) is 15.8. The third kappa shape index (κ3) is 5.38. The molecule has 0 aliphatic heterocycles. The summed E-state index contributed by atoms with van der Waals surface area (Å²) in [6, 6.07) is 7.92. The predicted molar refractivity (Wildman–Crippen MR) is 89.4 cm³/mol. The van der Waals surface area contributed by atoms with E-state index in [2.05, 4.69) is 36.1 Å². The number of carbonyl (C=O) groups is 1. The van der Waals surface area contributed by atoms with Crippen LogP contribution < -0.4 is 10.6 Å². The van der Waals surface area contributed by atoms with Gasteiger partial charge < -0.3 is 15.5 Å². The first kappa shape index (κ1) is 17.5. The molecule has 2 N–H and O–H groups in total. The maximum absolute atomic E-state index is 12.4. The molecule has 0 aliphatic carbocycles. The minimum Gasteiger partial charge on any atom is -0.378 e. The first-order valence-electron chi connectivity index (χ1n) is 7.80. The van der Waals surface area contributed by atoms with Gasteiger partial charge in [-0.05, 0) is 31.0 Å². The van der Waals surface area contributed by atoms with Crippen molar-refractivity contribution < 1.29 is 4.79 Å². The second kappa shape index (κ2) is 8.67. The van der Waals surface area contributed by atoms with Crippen LogP contribution in [0.25, 0.3) is 0 Å². The monoisotopic (exact) mass is 291 g/mol. The van der Waals surface area contributed by atoms with Gasteiger partial charge in [0.2, 0.25) is 5.91 Å². The average Bonchev–Trinajstić information content (AvgIpc) is 2.49. The van der Waals surface area contributed by atoms with Crippen LogP contribution in [-0.2, 0) is 11.3 Å². The Kier molecular flexibility index (Phi) is 7.23. The Morgan fingerprint density at radius 2 is 1.81 bits per heavy atom. The molecular weight excluding hydrogens is 262 g/mol. The number of benzene rings is 1. The molecule has 0 saturated heterocycles. The molecule has 4 heteroatoms. The molecule has 1 aromatic carbocycles. The number of amides is 1. The molecule has 0 saturated carbocycles. The summed E-state index contributed by atoms with van der Waals surface area (Å²) in [5.74, 6) is 0.0580. The second-order valence-corrected chi connectivity index (χ2v) is 5.66. The lowest BCUT2D eigenvalue weighted by molar-refractivity contribution is -0.133. The van der Waals surface area contributed by atoms with Crippen molar-refractivity contribution in [1.29, 1.82) is 0 Å². The molecule has 0 spiro atoms. The highest BCUT2D eigenvalue weighted by Crippen LogP contribution is 2.14. The topological polar surface area (TPSA) is 49.6 Å². The molecule has 1 atom stereocenters. The normalized spacial score (nSPS) is 12.0. The van der Waals surface area contributed by atoms with Gasteiger partial charge in [-0.1, -0.05) is 31.9 Å². The van der Waals surface area contributed by atoms with Crippen molar-refractivity contribution in [2.45, 2.75) is 45.7 Å². The molecule has 0 radical (unpaired) electrons.